The van der Waals surface area contributed by atoms with Crippen molar-refractivity contribution in [3.63, 3.8) is 0 Å². The molecule has 1 aromatic rings. The lowest BCUT2D eigenvalue weighted by molar-refractivity contribution is -0.116. The van der Waals surface area contributed by atoms with Crippen LogP contribution in [0.2, 0.25) is 0 Å². The minimum absolute atomic E-state index is 0.0309. The minimum atomic E-state index is -0.297. The number of anilines is 1. The van der Waals surface area contributed by atoms with E-state index in [1.807, 2.05) is 13.8 Å². The molecule has 0 aliphatic carbocycles. The number of hydrogen-bond acceptors (Lipinski definition) is 1. The molecule has 0 spiro atoms. The quantitative estimate of drug-likeness (QED) is 0.776. The molecule has 1 amide bonds. The van der Waals surface area contributed by atoms with Crippen LogP contribution >= 0.6 is 15.9 Å². The molecule has 1 aromatic carbocycles. The van der Waals surface area contributed by atoms with Gasteiger partial charge in [-0.1, -0.05) is 15.9 Å². The summed E-state index contributed by atoms with van der Waals surface area (Å²) in [6, 6.07) is 5.98. The Balaban J connectivity index is 2.99. The van der Waals surface area contributed by atoms with E-state index in [1.165, 1.54) is 12.1 Å². The topological polar surface area (TPSA) is 20.3 Å². The highest BCUT2D eigenvalue weighted by atomic mass is 79.9. The van der Waals surface area contributed by atoms with E-state index < -0.39 is 0 Å². The number of carbonyl (C=O) groups excluding carboxylic acids is 1. The molecule has 4 heteroatoms. The second-order valence-corrected chi connectivity index (χ2v) is 4.03. The molecule has 0 unspecified atom stereocenters. The summed E-state index contributed by atoms with van der Waals surface area (Å²) in [6.07, 6.45) is 0. The SMILES string of the molecule is CC(C)N(C(=O)CBr)c1ccc(F)cc1. The summed E-state index contributed by atoms with van der Waals surface area (Å²) in [4.78, 5) is 13.3. The zero-order chi connectivity index (χ0) is 11.4. The van der Waals surface area contributed by atoms with Crippen molar-refractivity contribution >= 4 is 27.5 Å². The van der Waals surface area contributed by atoms with Gasteiger partial charge in [0, 0.05) is 11.7 Å². The van der Waals surface area contributed by atoms with Crippen LogP contribution in [0.3, 0.4) is 0 Å². The second-order valence-electron chi connectivity index (χ2n) is 3.47. The van der Waals surface area contributed by atoms with Crippen molar-refractivity contribution in [3.05, 3.63) is 30.1 Å². The maximum Gasteiger partial charge on any atom is 0.237 e. The summed E-state index contributed by atoms with van der Waals surface area (Å²) in [5.74, 6) is -0.328. The van der Waals surface area contributed by atoms with Gasteiger partial charge in [-0.2, -0.15) is 0 Å². The third-order valence-corrected chi connectivity index (χ3v) is 2.48. The maximum atomic E-state index is 12.7. The number of hydrogen-bond donors (Lipinski definition) is 0. The Bertz CT molecular complexity index is 337. The van der Waals surface area contributed by atoms with Crippen LogP contribution in [0.5, 0.6) is 0 Å². The van der Waals surface area contributed by atoms with E-state index in [1.54, 1.807) is 17.0 Å². The van der Waals surface area contributed by atoms with Crippen LogP contribution in [0, 0.1) is 5.82 Å². The number of alkyl halides is 1. The Kier molecular flexibility index (Phi) is 4.27. The first-order chi connectivity index (χ1) is 7.06. The maximum absolute atomic E-state index is 12.7. The largest absolute Gasteiger partial charge is 0.309 e. The average molecular weight is 274 g/mol. The van der Waals surface area contributed by atoms with Crippen LogP contribution in [0.25, 0.3) is 0 Å². The summed E-state index contributed by atoms with van der Waals surface area (Å²) in [7, 11) is 0. The molecule has 0 heterocycles. The summed E-state index contributed by atoms with van der Waals surface area (Å²) in [5, 5.41) is 0.266. The van der Waals surface area contributed by atoms with E-state index in [9.17, 15) is 9.18 Å². The van der Waals surface area contributed by atoms with Crippen LogP contribution in [-0.4, -0.2) is 17.3 Å². The lowest BCUT2D eigenvalue weighted by Gasteiger charge is -2.26. The predicted octanol–water partition coefficient (Wildman–Crippen LogP) is 2.96. The molecule has 0 aliphatic rings. The van der Waals surface area contributed by atoms with Gasteiger partial charge in [0.1, 0.15) is 5.82 Å². The van der Waals surface area contributed by atoms with Crippen LogP contribution < -0.4 is 4.90 Å². The van der Waals surface area contributed by atoms with Crippen molar-refractivity contribution in [2.24, 2.45) is 0 Å². The second kappa shape index (κ2) is 5.26. The molecule has 0 N–H and O–H groups in total. The Morgan fingerprint density at radius 1 is 1.40 bits per heavy atom. The highest BCUT2D eigenvalue weighted by Gasteiger charge is 2.17. The van der Waals surface area contributed by atoms with Crippen molar-refractivity contribution in [3.8, 4) is 0 Å². The molecule has 0 fully saturated rings. The highest BCUT2D eigenvalue weighted by molar-refractivity contribution is 9.09. The number of rotatable bonds is 3. The van der Waals surface area contributed by atoms with Crippen LogP contribution in [0.1, 0.15) is 13.8 Å². The Labute approximate surface area is 97.2 Å². The molecule has 0 saturated carbocycles. The first-order valence-electron chi connectivity index (χ1n) is 4.70. The zero-order valence-electron chi connectivity index (χ0n) is 8.71. The van der Waals surface area contributed by atoms with Gasteiger partial charge in [-0.3, -0.25) is 4.79 Å². The Hall–Kier alpha value is -0.900. The molecule has 2 nitrogen and oxygen atoms in total. The summed E-state index contributed by atoms with van der Waals surface area (Å²) >= 11 is 3.13. The fourth-order valence-electron chi connectivity index (χ4n) is 1.40. The first-order valence-corrected chi connectivity index (χ1v) is 5.82. The van der Waals surface area contributed by atoms with Crippen molar-refractivity contribution in [2.45, 2.75) is 19.9 Å². The molecule has 82 valence electrons. The van der Waals surface area contributed by atoms with Crippen LogP contribution in [0.15, 0.2) is 24.3 Å². The fraction of sp³-hybridized carbons (Fsp3) is 0.364. The van der Waals surface area contributed by atoms with Crippen molar-refractivity contribution < 1.29 is 9.18 Å². The normalized spacial score (nSPS) is 10.5. The van der Waals surface area contributed by atoms with Gasteiger partial charge in [0.05, 0.1) is 5.33 Å². The van der Waals surface area contributed by atoms with Gasteiger partial charge in [-0.05, 0) is 38.1 Å². The van der Waals surface area contributed by atoms with Crippen LogP contribution in [-0.2, 0) is 4.79 Å². The fourth-order valence-corrected chi connectivity index (χ4v) is 1.67. The Morgan fingerprint density at radius 2 is 1.93 bits per heavy atom. The molecule has 0 aliphatic heterocycles. The Morgan fingerprint density at radius 3 is 2.33 bits per heavy atom. The van der Waals surface area contributed by atoms with Crippen molar-refractivity contribution in [1.82, 2.24) is 0 Å². The number of carbonyl (C=O) groups is 1. The van der Waals surface area contributed by atoms with E-state index in [4.69, 9.17) is 0 Å². The standard InChI is InChI=1S/C11H13BrFNO/c1-8(2)14(11(15)7-12)10-5-3-9(13)4-6-10/h3-6,8H,7H2,1-2H3. The molecule has 0 saturated heterocycles. The van der Waals surface area contributed by atoms with Gasteiger partial charge in [-0.15, -0.1) is 0 Å². The number of nitrogens with zero attached hydrogens (tertiary/aromatic N) is 1. The van der Waals surface area contributed by atoms with E-state index in [-0.39, 0.29) is 23.1 Å². The van der Waals surface area contributed by atoms with Gasteiger partial charge in [0.15, 0.2) is 0 Å². The smallest absolute Gasteiger partial charge is 0.237 e. The highest BCUT2D eigenvalue weighted by Crippen LogP contribution is 2.18. The summed E-state index contributed by atoms with van der Waals surface area (Å²) in [6.45, 7) is 3.84. The minimum Gasteiger partial charge on any atom is -0.309 e. The lowest BCUT2D eigenvalue weighted by atomic mass is 10.2. The monoisotopic (exact) mass is 273 g/mol. The van der Waals surface area contributed by atoms with E-state index in [0.29, 0.717) is 0 Å². The number of halogens is 2. The molecule has 15 heavy (non-hydrogen) atoms. The molecular weight excluding hydrogens is 261 g/mol. The summed E-state index contributed by atoms with van der Waals surface area (Å²) < 4.78 is 12.7. The van der Waals surface area contributed by atoms with E-state index in [2.05, 4.69) is 15.9 Å². The van der Waals surface area contributed by atoms with Crippen LogP contribution in [0.4, 0.5) is 10.1 Å². The molecule has 0 aromatic heterocycles. The molecule has 0 atom stereocenters. The van der Waals surface area contributed by atoms with Crippen molar-refractivity contribution in [2.75, 3.05) is 10.2 Å². The third-order valence-electron chi connectivity index (χ3n) is 2.00. The molecule has 0 bridgehead atoms. The van der Waals surface area contributed by atoms with Gasteiger partial charge < -0.3 is 4.90 Å². The van der Waals surface area contributed by atoms with Gasteiger partial charge in [-0.25, -0.2) is 4.39 Å². The first kappa shape index (κ1) is 12.2. The molecule has 1 rings (SSSR count). The van der Waals surface area contributed by atoms with Gasteiger partial charge in [0.2, 0.25) is 5.91 Å². The van der Waals surface area contributed by atoms with E-state index >= 15 is 0 Å². The zero-order valence-corrected chi connectivity index (χ0v) is 10.3. The summed E-state index contributed by atoms with van der Waals surface area (Å²) in [5.41, 5.74) is 0.718. The van der Waals surface area contributed by atoms with Gasteiger partial charge in [0.25, 0.3) is 0 Å². The average Bonchev–Trinajstić information content (AvgIpc) is 2.20. The lowest BCUT2D eigenvalue weighted by Crippen LogP contribution is -2.37. The molecular formula is C11H13BrFNO. The number of benzene rings is 1. The molecule has 0 radical (unpaired) electrons. The number of amides is 1. The predicted molar refractivity (Wildman–Crippen MR) is 62.8 cm³/mol. The van der Waals surface area contributed by atoms with Gasteiger partial charge >= 0.3 is 0 Å². The third kappa shape index (κ3) is 3.02. The van der Waals surface area contributed by atoms with E-state index in [0.717, 1.165) is 5.69 Å². The van der Waals surface area contributed by atoms with Crippen molar-refractivity contribution in [1.29, 1.82) is 0 Å².